The average molecular weight is 427 g/mol. The van der Waals surface area contributed by atoms with Crippen molar-refractivity contribution in [2.45, 2.75) is 20.3 Å². The zero-order chi connectivity index (χ0) is 21.7. The van der Waals surface area contributed by atoms with Crippen LogP contribution in [0.5, 0.6) is 5.75 Å². The molecule has 0 fully saturated rings. The standard InChI is InChI=1S/C23H27N3O3S/c1-5-29-19-8-6-9-20-21(19)24-23(30-20)26(15-7-14-25(3)4)22(28)18-12-10-17(11-13-18)16(2)27/h6,8-13H,5,7,14-15H2,1-4H3/p+1. The summed E-state index contributed by atoms with van der Waals surface area (Å²) >= 11 is 1.49. The molecule has 1 amide bonds. The predicted octanol–water partition coefficient (Wildman–Crippen LogP) is 3.08. The molecule has 0 atom stereocenters. The van der Waals surface area contributed by atoms with Crippen molar-refractivity contribution in [3.63, 3.8) is 0 Å². The van der Waals surface area contributed by atoms with E-state index in [2.05, 4.69) is 14.1 Å². The second-order valence-electron chi connectivity index (χ2n) is 7.43. The van der Waals surface area contributed by atoms with Crippen LogP contribution in [0.3, 0.4) is 0 Å². The minimum absolute atomic E-state index is 0.0190. The highest BCUT2D eigenvalue weighted by atomic mass is 32.1. The Balaban J connectivity index is 1.95. The van der Waals surface area contributed by atoms with Crippen molar-refractivity contribution in [2.75, 3.05) is 38.7 Å². The molecule has 0 unspecified atom stereocenters. The van der Waals surface area contributed by atoms with Crippen molar-refractivity contribution in [3.8, 4) is 5.75 Å². The first kappa shape index (κ1) is 21.9. The van der Waals surface area contributed by atoms with E-state index in [1.54, 1.807) is 29.2 Å². The van der Waals surface area contributed by atoms with Gasteiger partial charge in [0.05, 0.1) is 31.9 Å². The third-order valence-corrected chi connectivity index (χ3v) is 5.79. The van der Waals surface area contributed by atoms with E-state index in [0.717, 1.165) is 28.9 Å². The summed E-state index contributed by atoms with van der Waals surface area (Å²) in [6.07, 6.45) is 0.855. The number of hydrogen-bond acceptors (Lipinski definition) is 5. The Hall–Kier alpha value is -2.77. The number of fused-ring (bicyclic) bond motifs is 1. The molecule has 3 aromatic rings. The third kappa shape index (κ3) is 5.04. The van der Waals surface area contributed by atoms with E-state index in [4.69, 9.17) is 9.72 Å². The highest BCUT2D eigenvalue weighted by Gasteiger charge is 2.22. The fourth-order valence-corrected chi connectivity index (χ4v) is 4.18. The molecule has 0 aliphatic carbocycles. The smallest absolute Gasteiger partial charge is 0.260 e. The summed E-state index contributed by atoms with van der Waals surface area (Å²) in [4.78, 5) is 32.7. The molecule has 6 nitrogen and oxygen atoms in total. The lowest BCUT2D eigenvalue weighted by Gasteiger charge is -2.20. The molecule has 0 spiro atoms. The first-order chi connectivity index (χ1) is 14.4. The maximum Gasteiger partial charge on any atom is 0.260 e. The van der Waals surface area contributed by atoms with E-state index in [9.17, 15) is 9.59 Å². The number of anilines is 1. The maximum absolute atomic E-state index is 13.4. The number of hydrogen-bond donors (Lipinski definition) is 1. The highest BCUT2D eigenvalue weighted by Crippen LogP contribution is 2.34. The summed E-state index contributed by atoms with van der Waals surface area (Å²) < 4.78 is 6.70. The summed E-state index contributed by atoms with van der Waals surface area (Å²) in [6, 6.07) is 12.7. The van der Waals surface area contributed by atoms with Gasteiger partial charge in [-0.3, -0.25) is 14.5 Å². The van der Waals surface area contributed by atoms with Gasteiger partial charge in [-0.2, -0.15) is 0 Å². The highest BCUT2D eigenvalue weighted by molar-refractivity contribution is 7.22. The van der Waals surface area contributed by atoms with Gasteiger partial charge in [-0.1, -0.05) is 29.5 Å². The van der Waals surface area contributed by atoms with Crippen molar-refractivity contribution >= 4 is 38.4 Å². The number of ether oxygens (including phenoxy) is 1. The van der Waals surface area contributed by atoms with Crippen molar-refractivity contribution in [3.05, 3.63) is 53.6 Å². The quantitative estimate of drug-likeness (QED) is 0.534. The number of aromatic nitrogens is 1. The molecule has 158 valence electrons. The van der Waals surface area contributed by atoms with E-state index < -0.39 is 0 Å². The Morgan fingerprint density at radius 1 is 1.10 bits per heavy atom. The number of rotatable bonds is 9. The number of para-hydroxylation sites is 1. The molecule has 3 rings (SSSR count). The molecule has 1 aromatic heterocycles. The van der Waals surface area contributed by atoms with E-state index >= 15 is 0 Å². The molecular formula is C23H28N3O3S+. The predicted molar refractivity (Wildman–Crippen MR) is 121 cm³/mol. The number of Topliss-reactive ketones (excluding diaryl/α,β-unsaturated/α-hetero) is 1. The Morgan fingerprint density at radius 3 is 2.43 bits per heavy atom. The van der Waals surface area contributed by atoms with Gasteiger partial charge < -0.3 is 9.64 Å². The van der Waals surface area contributed by atoms with Gasteiger partial charge in [0.25, 0.3) is 5.91 Å². The summed E-state index contributed by atoms with van der Waals surface area (Å²) in [6.45, 7) is 5.53. The van der Waals surface area contributed by atoms with Gasteiger partial charge in [0, 0.05) is 24.1 Å². The summed E-state index contributed by atoms with van der Waals surface area (Å²) in [5, 5.41) is 0.659. The van der Waals surface area contributed by atoms with E-state index in [-0.39, 0.29) is 11.7 Å². The molecule has 1 heterocycles. The summed E-state index contributed by atoms with van der Waals surface area (Å²) in [5.74, 6) is 0.596. The molecule has 0 saturated heterocycles. The van der Waals surface area contributed by atoms with Crippen molar-refractivity contribution in [1.29, 1.82) is 0 Å². The number of nitrogens with zero attached hydrogens (tertiary/aromatic N) is 2. The van der Waals surface area contributed by atoms with E-state index in [1.807, 2.05) is 25.1 Å². The Labute approximate surface area is 181 Å². The van der Waals surface area contributed by atoms with Crippen LogP contribution in [0.25, 0.3) is 10.2 Å². The topological polar surface area (TPSA) is 63.9 Å². The lowest BCUT2D eigenvalue weighted by atomic mass is 10.1. The zero-order valence-electron chi connectivity index (χ0n) is 17.9. The molecular weight excluding hydrogens is 398 g/mol. The molecule has 1 N–H and O–H groups in total. The first-order valence-electron chi connectivity index (χ1n) is 10.1. The Morgan fingerprint density at radius 2 is 1.80 bits per heavy atom. The third-order valence-electron chi connectivity index (χ3n) is 4.74. The fourth-order valence-electron chi connectivity index (χ4n) is 3.18. The molecule has 0 bridgehead atoms. The number of nitrogens with one attached hydrogen (secondary N) is 1. The number of carbonyl (C=O) groups is 2. The van der Waals surface area contributed by atoms with E-state index in [0.29, 0.717) is 29.4 Å². The molecule has 30 heavy (non-hydrogen) atoms. The van der Waals surface area contributed by atoms with Crippen LogP contribution in [-0.2, 0) is 0 Å². The van der Waals surface area contributed by atoms with Crippen molar-refractivity contribution in [1.82, 2.24) is 4.98 Å². The van der Waals surface area contributed by atoms with Gasteiger partial charge in [-0.15, -0.1) is 0 Å². The van der Waals surface area contributed by atoms with Crippen LogP contribution in [0.2, 0.25) is 0 Å². The first-order valence-corrected chi connectivity index (χ1v) is 11.0. The molecule has 0 radical (unpaired) electrons. The minimum atomic E-state index is -0.115. The number of carbonyl (C=O) groups excluding carboxylic acids is 2. The molecule has 0 aliphatic heterocycles. The minimum Gasteiger partial charge on any atom is -0.492 e. The lowest BCUT2D eigenvalue weighted by molar-refractivity contribution is -0.858. The number of amides is 1. The van der Waals surface area contributed by atoms with Crippen LogP contribution in [0, 0.1) is 0 Å². The SMILES string of the molecule is CCOc1cccc2sc(N(CCC[NH+](C)C)C(=O)c3ccc(C(C)=O)cc3)nc12. The molecule has 7 heteroatoms. The van der Waals surface area contributed by atoms with Crippen LogP contribution in [0.4, 0.5) is 5.13 Å². The number of benzene rings is 2. The summed E-state index contributed by atoms with van der Waals surface area (Å²) in [7, 11) is 4.19. The second-order valence-corrected chi connectivity index (χ2v) is 8.44. The zero-order valence-corrected chi connectivity index (χ0v) is 18.7. The van der Waals surface area contributed by atoms with Crippen LogP contribution in [0.15, 0.2) is 42.5 Å². The van der Waals surface area contributed by atoms with Crippen LogP contribution in [-0.4, -0.2) is 50.5 Å². The fraction of sp³-hybridized carbons (Fsp3) is 0.348. The molecule has 2 aromatic carbocycles. The monoisotopic (exact) mass is 426 g/mol. The van der Waals surface area contributed by atoms with Gasteiger partial charge in [0.15, 0.2) is 10.9 Å². The number of thiazole rings is 1. The Kier molecular flexibility index (Phi) is 7.18. The van der Waals surface area contributed by atoms with Crippen LogP contribution >= 0.6 is 11.3 Å². The average Bonchev–Trinajstić information content (AvgIpc) is 3.16. The largest absolute Gasteiger partial charge is 0.492 e. The molecule has 0 saturated carbocycles. The van der Waals surface area contributed by atoms with E-state index in [1.165, 1.54) is 23.2 Å². The lowest BCUT2D eigenvalue weighted by Crippen LogP contribution is -3.05. The maximum atomic E-state index is 13.4. The van der Waals surface area contributed by atoms with Gasteiger partial charge in [0.1, 0.15) is 11.3 Å². The van der Waals surface area contributed by atoms with Crippen LogP contribution < -0.4 is 14.5 Å². The normalized spacial score (nSPS) is 11.1. The molecule has 0 aliphatic rings. The van der Waals surface area contributed by atoms with Crippen molar-refractivity contribution in [2.24, 2.45) is 0 Å². The second kappa shape index (κ2) is 9.82. The summed E-state index contributed by atoms with van der Waals surface area (Å²) in [5.41, 5.74) is 1.92. The van der Waals surface area contributed by atoms with Gasteiger partial charge in [-0.25, -0.2) is 4.98 Å². The van der Waals surface area contributed by atoms with Gasteiger partial charge in [0.2, 0.25) is 0 Å². The van der Waals surface area contributed by atoms with Crippen LogP contribution in [0.1, 0.15) is 41.0 Å². The van der Waals surface area contributed by atoms with Gasteiger partial charge >= 0.3 is 0 Å². The number of ketones is 1. The Bertz CT molecular complexity index is 1030. The number of quaternary nitrogens is 1. The van der Waals surface area contributed by atoms with Crippen molar-refractivity contribution < 1.29 is 19.2 Å². The van der Waals surface area contributed by atoms with Gasteiger partial charge in [-0.05, 0) is 38.1 Å².